The first-order chi connectivity index (χ1) is 10.8. The zero-order valence-corrected chi connectivity index (χ0v) is 15.3. The molecule has 2 fully saturated rings. The van der Waals surface area contributed by atoms with Crippen molar-refractivity contribution in [3.05, 3.63) is 0 Å². The molecule has 4 unspecified atom stereocenters. The van der Waals surface area contributed by atoms with E-state index in [2.05, 4.69) is 41.5 Å². The summed E-state index contributed by atoms with van der Waals surface area (Å²) >= 11 is 0. The monoisotopic (exact) mass is 330 g/mol. The van der Waals surface area contributed by atoms with E-state index in [1.54, 1.807) is 0 Å². The molecule has 2 rings (SSSR count). The lowest BCUT2D eigenvalue weighted by atomic mass is 9.78. The van der Waals surface area contributed by atoms with E-state index in [0.717, 1.165) is 0 Å². The van der Waals surface area contributed by atoms with Crippen LogP contribution in [0.4, 0.5) is 0 Å². The first kappa shape index (κ1) is 19.1. The van der Waals surface area contributed by atoms with E-state index < -0.39 is 0 Å². The van der Waals surface area contributed by atoms with E-state index in [-0.39, 0.29) is 49.8 Å². The average molecular weight is 330 g/mol. The summed E-state index contributed by atoms with van der Waals surface area (Å²) in [6.45, 7) is 12.9. The number of rotatable bonds is 4. The first-order valence-electron chi connectivity index (χ1n) is 8.99. The second-order valence-electron chi connectivity index (χ2n) is 7.74. The Labute approximate surface area is 140 Å². The molecule has 5 heteroatoms. The van der Waals surface area contributed by atoms with Crippen LogP contribution in [0.2, 0.25) is 0 Å². The quantitative estimate of drug-likeness (QED) is 0.827. The highest BCUT2D eigenvalue weighted by Crippen LogP contribution is 2.40. The van der Waals surface area contributed by atoms with Crippen LogP contribution in [0.15, 0.2) is 0 Å². The Hall–Kier alpha value is -0.200. The van der Waals surface area contributed by atoms with Crippen molar-refractivity contribution in [3.8, 4) is 0 Å². The summed E-state index contributed by atoms with van der Waals surface area (Å²) < 4.78 is 18.2. The summed E-state index contributed by atoms with van der Waals surface area (Å²) in [5, 5.41) is 19.1. The zero-order valence-electron chi connectivity index (χ0n) is 15.3. The zero-order chi connectivity index (χ0) is 17.3. The lowest BCUT2D eigenvalue weighted by Gasteiger charge is -2.47. The fourth-order valence-electron chi connectivity index (χ4n) is 3.83. The highest BCUT2D eigenvalue weighted by Gasteiger charge is 2.44. The third-order valence-corrected chi connectivity index (χ3v) is 6.59. The Kier molecular flexibility index (Phi) is 6.48. The van der Waals surface area contributed by atoms with Gasteiger partial charge in [0, 0.05) is 11.8 Å². The second-order valence-corrected chi connectivity index (χ2v) is 7.74. The van der Waals surface area contributed by atoms with Gasteiger partial charge in [-0.3, -0.25) is 0 Å². The number of aliphatic hydroxyl groups excluding tert-OH is 2. The van der Waals surface area contributed by atoms with Crippen LogP contribution in [-0.2, 0) is 14.2 Å². The molecular formula is C18H34O5. The molecule has 2 aliphatic heterocycles. The Morgan fingerprint density at radius 3 is 1.26 bits per heavy atom. The number of ether oxygens (including phenoxy) is 3. The third-order valence-electron chi connectivity index (χ3n) is 6.59. The maximum absolute atomic E-state index is 9.55. The van der Waals surface area contributed by atoms with Crippen LogP contribution in [-0.4, -0.2) is 48.2 Å². The second kappa shape index (κ2) is 7.79. The van der Waals surface area contributed by atoms with E-state index in [4.69, 9.17) is 14.2 Å². The fraction of sp³-hybridized carbons (Fsp3) is 1.00. The molecule has 2 aliphatic rings. The van der Waals surface area contributed by atoms with Crippen LogP contribution in [0.25, 0.3) is 0 Å². The summed E-state index contributed by atoms with van der Waals surface area (Å²) in [7, 11) is 0. The molecule has 0 aromatic heterocycles. The molecule has 2 N–H and O–H groups in total. The molecule has 0 spiro atoms. The van der Waals surface area contributed by atoms with Gasteiger partial charge in [0.1, 0.15) is 0 Å². The van der Waals surface area contributed by atoms with E-state index in [1.165, 1.54) is 0 Å². The van der Waals surface area contributed by atoms with Crippen LogP contribution in [0.5, 0.6) is 0 Å². The van der Waals surface area contributed by atoms with Crippen LogP contribution in [0.1, 0.15) is 41.5 Å². The number of aliphatic hydroxyl groups is 2. The minimum Gasteiger partial charge on any atom is -0.394 e. The summed E-state index contributed by atoms with van der Waals surface area (Å²) in [5.74, 6) is 1.84. The molecule has 23 heavy (non-hydrogen) atoms. The molecule has 2 saturated heterocycles. The van der Waals surface area contributed by atoms with Crippen molar-refractivity contribution < 1.29 is 24.4 Å². The maximum Gasteiger partial charge on any atom is 0.164 e. The van der Waals surface area contributed by atoms with Crippen LogP contribution in [0.3, 0.4) is 0 Å². The van der Waals surface area contributed by atoms with Crippen molar-refractivity contribution in [1.29, 1.82) is 0 Å². The molecule has 2 heterocycles. The van der Waals surface area contributed by atoms with Crippen LogP contribution >= 0.6 is 0 Å². The maximum atomic E-state index is 9.55. The number of hydrogen-bond acceptors (Lipinski definition) is 5. The molecule has 0 saturated carbocycles. The molecule has 0 aromatic carbocycles. The number of hydrogen-bond donors (Lipinski definition) is 2. The van der Waals surface area contributed by atoms with Gasteiger partial charge >= 0.3 is 0 Å². The van der Waals surface area contributed by atoms with Crippen molar-refractivity contribution in [2.24, 2.45) is 35.5 Å². The molecule has 0 radical (unpaired) electrons. The Bertz CT molecular complexity index is 338. The molecule has 10 atom stereocenters. The van der Waals surface area contributed by atoms with Crippen LogP contribution < -0.4 is 0 Å². The van der Waals surface area contributed by atoms with Crippen molar-refractivity contribution in [2.75, 3.05) is 13.2 Å². The van der Waals surface area contributed by atoms with Gasteiger partial charge < -0.3 is 24.4 Å². The predicted octanol–water partition coefficient (Wildman–Crippen LogP) is 2.25. The molecule has 136 valence electrons. The molecular weight excluding hydrogens is 296 g/mol. The normalized spacial score (nSPS) is 51.7. The van der Waals surface area contributed by atoms with Crippen molar-refractivity contribution >= 4 is 0 Å². The van der Waals surface area contributed by atoms with Gasteiger partial charge in [0.2, 0.25) is 0 Å². The van der Waals surface area contributed by atoms with Gasteiger partial charge in [-0.2, -0.15) is 0 Å². The lowest BCUT2D eigenvalue weighted by Crippen LogP contribution is -2.53. The molecule has 0 bridgehead atoms. The fourth-order valence-corrected chi connectivity index (χ4v) is 3.83. The van der Waals surface area contributed by atoms with Crippen molar-refractivity contribution in [2.45, 2.75) is 66.3 Å². The van der Waals surface area contributed by atoms with Gasteiger partial charge in [-0.05, 0) is 23.7 Å². The smallest absolute Gasteiger partial charge is 0.164 e. The predicted molar refractivity (Wildman–Crippen MR) is 87.6 cm³/mol. The molecule has 0 amide bonds. The Balaban J connectivity index is 2.07. The highest BCUT2D eigenvalue weighted by molar-refractivity contribution is 4.85. The van der Waals surface area contributed by atoms with Crippen molar-refractivity contribution in [1.82, 2.24) is 0 Å². The lowest BCUT2D eigenvalue weighted by molar-refractivity contribution is -0.343. The summed E-state index contributed by atoms with van der Waals surface area (Å²) in [6, 6.07) is 0. The standard InChI is InChI=1S/C18H34O5/c1-9-11(3)15(7-19)21-17(13(9)5)23-18-14(6)10(2)12(4)16(8-20)22-18/h9-20H,7-8H2,1-6H3/t9-,10?,11-,12-,13?,14+,15?,16?,17+,18+/m0/s1. The van der Waals surface area contributed by atoms with Gasteiger partial charge in [-0.25, -0.2) is 0 Å². The Morgan fingerprint density at radius 1 is 0.609 bits per heavy atom. The molecule has 0 aromatic rings. The van der Waals surface area contributed by atoms with E-state index >= 15 is 0 Å². The van der Waals surface area contributed by atoms with Gasteiger partial charge in [-0.15, -0.1) is 0 Å². The Morgan fingerprint density at radius 2 is 0.957 bits per heavy atom. The van der Waals surface area contributed by atoms with Crippen LogP contribution in [0, 0.1) is 35.5 Å². The summed E-state index contributed by atoms with van der Waals surface area (Å²) in [4.78, 5) is 0. The summed E-state index contributed by atoms with van der Waals surface area (Å²) in [6.07, 6.45) is -1.17. The van der Waals surface area contributed by atoms with E-state index in [1.807, 2.05) is 0 Å². The SMILES string of the molecule is CC1[C@H](C)C(CO)O[C@H](O[C@H]2OC(CO)[C@@H](C)[C@H](C)C2C)[C@@H]1C. The van der Waals surface area contributed by atoms with Gasteiger partial charge in [0.25, 0.3) is 0 Å². The first-order valence-corrected chi connectivity index (χ1v) is 8.99. The topological polar surface area (TPSA) is 68.2 Å². The minimum absolute atomic E-state index is 0.00582. The van der Waals surface area contributed by atoms with Gasteiger partial charge in [-0.1, -0.05) is 41.5 Å². The minimum atomic E-state index is -0.384. The largest absolute Gasteiger partial charge is 0.394 e. The molecule has 0 aliphatic carbocycles. The van der Waals surface area contributed by atoms with E-state index in [0.29, 0.717) is 23.7 Å². The molecule has 5 nitrogen and oxygen atoms in total. The third kappa shape index (κ3) is 3.74. The van der Waals surface area contributed by atoms with Gasteiger partial charge in [0.15, 0.2) is 12.6 Å². The average Bonchev–Trinajstić information content (AvgIpc) is 2.55. The van der Waals surface area contributed by atoms with E-state index in [9.17, 15) is 10.2 Å². The van der Waals surface area contributed by atoms with Gasteiger partial charge in [0.05, 0.1) is 25.4 Å². The van der Waals surface area contributed by atoms with Crippen molar-refractivity contribution in [3.63, 3.8) is 0 Å². The summed E-state index contributed by atoms with van der Waals surface area (Å²) in [5.41, 5.74) is 0. The highest BCUT2D eigenvalue weighted by atomic mass is 16.8.